The third-order valence-electron chi connectivity index (χ3n) is 2.51. The standard InChI is InChI=1S/C10H17N3O5/c1-10(18-4-8(15)16)5-13(6-10)3-7(14)12-9(17)11-2/h3-6H2,1-2H3,(H,15,16)(H2,11,12,14,17). The molecule has 0 bridgehead atoms. The molecule has 0 spiro atoms. The lowest BCUT2D eigenvalue weighted by atomic mass is 9.96. The van der Waals surface area contributed by atoms with Crippen LogP contribution >= 0.6 is 0 Å². The molecule has 8 heteroatoms. The summed E-state index contributed by atoms with van der Waals surface area (Å²) < 4.78 is 5.19. The highest BCUT2D eigenvalue weighted by molar-refractivity contribution is 5.95. The number of nitrogens with zero attached hydrogens (tertiary/aromatic N) is 1. The van der Waals surface area contributed by atoms with Crippen molar-refractivity contribution in [2.75, 3.05) is 33.3 Å². The van der Waals surface area contributed by atoms with Crippen molar-refractivity contribution in [2.24, 2.45) is 0 Å². The summed E-state index contributed by atoms with van der Waals surface area (Å²) in [6, 6.07) is -0.551. The lowest BCUT2D eigenvalue weighted by Crippen LogP contribution is -2.63. The number of amides is 3. The number of rotatable bonds is 5. The molecule has 1 fully saturated rings. The summed E-state index contributed by atoms with van der Waals surface area (Å²) in [5.74, 6) is -1.43. The molecule has 18 heavy (non-hydrogen) atoms. The van der Waals surface area contributed by atoms with Gasteiger partial charge in [-0.15, -0.1) is 0 Å². The average Bonchev–Trinajstić information content (AvgIpc) is 2.24. The van der Waals surface area contributed by atoms with Gasteiger partial charge in [-0.05, 0) is 6.92 Å². The maximum absolute atomic E-state index is 11.3. The van der Waals surface area contributed by atoms with E-state index in [1.165, 1.54) is 7.05 Å². The number of carboxylic acids is 1. The number of likely N-dealkylation sites (tertiary alicyclic amines) is 1. The van der Waals surface area contributed by atoms with Gasteiger partial charge in [0.1, 0.15) is 6.61 Å². The molecule has 0 unspecified atom stereocenters. The topological polar surface area (TPSA) is 108 Å². The zero-order chi connectivity index (χ0) is 13.8. The van der Waals surface area contributed by atoms with E-state index >= 15 is 0 Å². The number of carbonyl (C=O) groups is 3. The molecule has 3 amide bonds. The van der Waals surface area contributed by atoms with E-state index < -0.39 is 23.5 Å². The first-order valence-electron chi connectivity index (χ1n) is 5.44. The molecule has 0 aromatic heterocycles. The average molecular weight is 259 g/mol. The summed E-state index contributed by atoms with van der Waals surface area (Å²) in [6.07, 6.45) is 0. The molecule has 0 atom stereocenters. The Hall–Kier alpha value is -1.67. The van der Waals surface area contributed by atoms with Crippen molar-refractivity contribution in [3.8, 4) is 0 Å². The predicted molar refractivity (Wildman–Crippen MR) is 61.0 cm³/mol. The Balaban J connectivity index is 2.23. The largest absolute Gasteiger partial charge is 0.480 e. The van der Waals surface area contributed by atoms with Gasteiger partial charge in [0.2, 0.25) is 5.91 Å². The normalized spacial score (nSPS) is 17.7. The third-order valence-corrected chi connectivity index (χ3v) is 2.51. The monoisotopic (exact) mass is 259 g/mol. The number of carboxylic acid groups (broad SMARTS) is 1. The van der Waals surface area contributed by atoms with Crippen molar-refractivity contribution < 1.29 is 24.2 Å². The van der Waals surface area contributed by atoms with E-state index in [-0.39, 0.29) is 13.2 Å². The Kier molecular flexibility index (Phi) is 4.62. The lowest BCUT2D eigenvalue weighted by molar-refractivity contribution is -0.166. The van der Waals surface area contributed by atoms with Crippen LogP contribution in [0.4, 0.5) is 4.79 Å². The van der Waals surface area contributed by atoms with Crippen molar-refractivity contribution in [3.05, 3.63) is 0 Å². The minimum atomic E-state index is -1.02. The van der Waals surface area contributed by atoms with Crippen molar-refractivity contribution in [2.45, 2.75) is 12.5 Å². The first kappa shape index (κ1) is 14.4. The van der Waals surface area contributed by atoms with E-state index in [2.05, 4.69) is 10.6 Å². The van der Waals surface area contributed by atoms with E-state index in [0.29, 0.717) is 13.1 Å². The Morgan fingerprint density at radius 1 is 1.39 bits per heavy atom. The van der Waals surface area contributed by atoms with Crippen LogP contribution in [0.25, 0.3) is 0 Å². The van der Waals surface area contributed by atoms with E-state index in [1.54, 1.807) is 11.8 Å². The van der Waals surface area contributed by atoms with Crippen LogP contribution in [0, 0.1) is 0 Å². The van der Waals surface area contributed by atoms with Gasteiger partial charge in [-0.25, -0.2) is 9.59 Å². The highest BCUT2D eigenvalue weighted by Gasteiger charge is 2.40. The minimum absolute atomic E-state index is 0.0828. The van der Waals surface area contributed by atoms with Gasteiger partial charge in [0.25, 0.3) is 0 Å². The molecular formula is C10H17N3O5. The van der Waals surface area contributed by atoms with Crippen LogP contribution in [0.2, 0.25) is 0 Å². The second-order valence-corrected chi connectivity index (χ2v) is 4.40. The highest BCUT2D eigenvalue weighted by atomic mass is 16.5. The van der Waals surface area contributed by atoms with Gasteiger partial charge < -0.3 is 15.2 Å². The molecule has 0 saturated carbocycles. The van der Waals surface area contributed by atoms with Crippen LogP contribution in [0.1, 0.15) is 6.92 Å². The van der Waals surface area contributed by atoms with Gasteiger partial charge in [0.05, 0.1) is 12.1 Å². The second kappa shape index (κ2) is 5.78. The molecule has 1 rings (SSSR count). The zero-order valence-corrected chi connectivity index (χ0v) is 10.4. The number of hydrogen-bond donors (Lipinski definition) is 3. The first-order chi connectivity index (χ1) is 8.34. The summed E-state index contributed by atoms with van der Waals surface area (Å²) in [5, 5.41) is 12.9. The SMILES string of the molecule is CNC(=O)NC(=O)CN1CC(C)(OCC(=O)O)C1. The van der Waals surface area contributed by atoms with Gasteiger partial charge in [-0.3, -0.25) is 15.0 Å². The quantitative estimate of drug-likeness (QED) is 0.561. The summed E-state index contributed by atoms with van der Waals surface area (Å²) in [6.45, 7) is 2.43. The van der Waals surface area contributed by atoms with Gasteiger partial charge in [-0.2, -0.15) is 0 Å². The summed E-state index contributed by atoms with van der Waals surface area (Å²) >= 11 is 0. The molecule has 0 aromatic carbocycles. The molecule has 102 valence electrons. The Morgan fingerprint density at radius 3 is 2.50 bits per heavy atom. The summed E-state index contributed by atoms with van der Waals surface area (Å²) in [4.78, 5) is 34.3. The van der Waals surface area contributed by atoms with E-state index in [0.717, 1.165) is 0 Å². The van der Waals surface area contributed by atoms with E-state index in [9.17, 15) is 14.4 Å². The summed E-state index contributed by atoms with van der Waals surface area (Å²) in [7, 11) is 1.42. The fourth-order valence-electron chi connectivity index (χ4n) is 1.77. The molecule has 3 N–H and O–H groups in total. The van der Waals surface area contributed by atoms with Crippen molar-refractivity contribution in [1.82, 2.24) is 15.5 Å². The maximum atomic E-state index is 11.3. The molecule has 0 aromatic rings. The van der Waals surface area contributed by atoms with Gasteiger partial charge in [-0.1, -0.05) is 0 Å². The number of imide groups is 1. The van der Waals surface area contributed by atoms with E-state index in [1.807, 2.05) is 0 Å². The molecule has 0 aliphatic carbocycles. The molecule has 1 aliphatic rings. The highest BCUT2D eigenvalue weighted by Crippen LogP contribution is 2.23. The number of ether oxygens (including phenoxy) is 1. The predicted octanol–water partition coefficient (Wildman–Crippen LogP) is -1.38. The van der Waals surface area contributed by atoms with Gasteiger partial charge in [0.15, 0.2) is 0 Å². The summed E-state index contributed by atoms with van der Waals surface area (Å²) in [5.41, 5.74) is -0.536. The molecule has 1 aliphatic heterocycles. The van der Waals surface area contributed by atoms with Crippen molar-refractivity contribution >= 4 is 17.9 Å². The van der Waals surface area contributed by atoms with Crippen LogP contribution < -0.4 is 10.6 Å². The zero-order valence-electron chi connectivity index (χ0n) is 10.4. The number of urea groups is 1. The van der Waals surface area contributed by atoms with Crippen molar-refractivity contribution in [1.29, 1.82) is 0 Å². The van der Waals surface area contributed by atoms with Crippen molar-refractivity contribution in [3.63, 3.8) is 0 Å². The van der Waals surface area contributed by atoms with E-state index in [4.69, 9.17) is 9.84 Å². The van der Waals surface area contributed by atoms with Crippen LogP contribution in [-0.4, -0.2) is 66.8 Å². The third kappa shape index (κ3) is 4.30. The fourth-order valence-corrected chi connectivity index (χ4v) is 1.77. The van der Waals surface area contributed by atoms with Gasteiger partial charge >= 0.3 is 12.0 Å². The van der Waals surface area contributed by atoms with Crippen LogP contribution in [-0.2, 0) is 14.3 Å². The number of hydrogen-bond acceptors (Lipinski definition) is 5. The fraction of sp³-hybridized carbons (Fsp3) is 0.700. The maximum Gasteiger partial charge on any atom is 0.329 e. The molecule has 1 saturated heterocycles. The number of carbonyl (C=O) groups excluding carboxylic acids is 2. The molecule has 1 heterocycles. The van der Waals surface area contributed by atoms with Crippen LogP contribution in [0.15, 0.2) is 0 Å². The molecule has 8 nitrogen and oxygen atoms in total. The molecule has 0 radical (unpaired) electrons. The Labute approximate surface area is 104 Å². The number of nitrogens with one attached hydrogen (secondary N) is 2. The first-order valence-corrected chi connectivity index (χ1v) is 5.44. The molecular weight excluding hydrogens is 242 g/mol. The number of aliphatic carboxylic acids is 1. The second-order valence-electron chi connectivity index (χ2n) is 4.40. The van der Waals surface area contributed by atoms with Crippen LogP contribution in [0.3, 0.4) is 0 Å². The minimum Gasteiger partial charge on any atom is -0.480 e. The lowest BCUT2D eigenvalue weighted by Gasteiger charge is -2.46. The van der Waals surface area contributed by atoms with Gasteiger partial charge in [0, 0.05) is 20.1 Å². The Morgan fingerprint density at radius 2 is 2.00 bits per heavy atom. The smallest absolute Gasteiger partial charge is 0.329 e. The van der Waals surface area contributed by atoms with Crippen LogP contribution in [0.5, 0.6) is 0 Å². The Bertz CT molecular complexity index is 351.